The van der Waals surface area contributed by atoms with E-state index in [9.17, 15) is 13.6 Å². The van der Waals surface area contributed by atoms with E-state index in [-0.39, 0.29) is 24.3 Å². The minimum Gasteiger partial charge on any atom is -0.484 e. The monoisotopic (exact) mass is 355 g/mol. The third-order valence-electron chi connectivity index (χ3n) is 3.13. The van der Waals surface area contributed by atoms with Gasteiger partial charge in [-0.1, -0.05) is 29.8 Å². The highest BCUT2D eigenvalue weighted by Gasteiger charge is 2.12. The molecule has 2 aromatic carbocycles. The fourth-order valence-corrected chi connectivity index (χ4v) is 2.21. The van der Waals surface area contributed by atoms with Crippen LogP contribution in [0.3, 0.4) is 0 Å². The molecule has 0 aromatic heterocycles. The van der Waals surface area contributed by atoms with Crippen molar-refractivity contribution in [1.82, 2.24) is 5.32 Å². The average Bonchev–Trinajstić information content (AvgIpc) is 2.52. The smallest absolute Gasteiger partial charge is 0.387 e. The van der Waals surface area contributed by atoms with Crippen LogP contribution >= 0.6 is 11.6 Å². The molecule has 0 radical (unpaired) electrons. The van der Waals surface area contributed by atoms with Crippen molar-refractivity contribution >= 4 is 17.5 Å². The number of hydrogen-bond donors (Lipinski definition) is 1. The van der Waals surface area contributed by atoms with Crippen LogP contribution in [0.15, 0.2) is 48.5 Å². The molecule has 1 N–H and O–H groups in total. The second kappa shape index (κ2) is 8.49. The van der Waals surface area contributed by atoms with Gasteiger partial charge in [0.1, 0.15) is 11.5 Å². The normalized spacial score (nSPS) is 11.9. The zero-order valence-corrected chi connectivity index (χ0v) is 13.6. The number of ether oxygens (including phenoxy) is 2. The number of nitrogens with one attached hydrogen (secondary N) is 1. The Morgan fingerprint density at radius 2 is 1.88 bits per heavy atom. The molecule has 2 aromatic rings. The predicted molar refractivity (Wildman–Crippen MR) is 86.6 cm³/mol. The minimum absolute atomic E-state index is 0.0405. The number of carbonyl (C=O) groups excluding carboxylic acids is 1. The number of rotatable bonds is 7. The van der Waals surface area contributed by atoms with Crippen molar-refractivity contribution in [3.05, 3.63) is 59.1 Å². The van der Waals surface area contributed by atoms with Gasteiger partial charge in [-0.2, -0.15) is 8.78 Å². The highest BCUT2D eigenvalue weighted by molar-refractivity contribution is 6.30. The fraction of sp³-hybridized carbons (Fsp3) is 0.235. The fourth-order valence-electron chi connectivity index (χ4n) is 2.03. The average molecular weight is 356 g/mol. The van der Waals surface area contributed by atoms with E-state index in [1.54, 1.807) is 43.3 Å². The van der Waals surface area contributed by atoms with Gasteiger partial charge in [-0.15, -0.1) is 0 Å². The largest absolute Gasteiger partial charge is 0.484 e. The predicted octanol–water partition coefficient (Wildman–Crippen LogP) is 4.20. The molecule has 0 spiro atoms. The molecule has 4 nitrogen and oxygen atoms in total. The number of alkyl halides is 2. The van der Waals surface area contributed by atoms with E-state index in [2.05, 4.69) is 10.1 Å². The van der Waals surface area contributed by atoms with E-state index >= 15 is 0 Å². The molecular weight excluding hydrogens is 340 g/mol. The molecule has 0 heterocycles. The van der Waals surface area contributed by atoms with Crippen molar-refractivity contribution in [3.8, 4) is 11.5 Å². The first-order valence-electron chi connectivity index (χ1n) is 7.16. The Morgan fingerprint density at radius 3 is 2.58 bits per heavy atom. The van der Waals surface area contributed by atoms with Crippen LogP contribution in [0.2, 0.25) is 5.02 Å². The summed E-state index contributed by atoms with van der Waals surface area (Å²) in [6.45, 7) is -1.34. The van der Waals surface area contributed by atoms with Crippen LogP contribution in [0, 0.1) is 0 Å². The second-order valence-electron chi connectivity index (χ2n) is 4.99. The van der Waals surface area contributed by atoms with Gasteiger partial charge in [0.05, 0.1) is 6.04 Å². The van der Waals surface area contributed by atoms with Crippen LogP contribution < -0.4 is 14.8 Å². The maximum atomic E-state index is 12.2. The first-order chi connectivity index (χ1) is 11.4. The first-order valence-corrected chi connectivity index (χ1v) is 7.54. The topological polar surface area (TPSA) is 47.6 Å². The zero-order chi connectivity index (χ0) is 17.5. The molecule has 24 heavy (non-hydrogen) atoms. The molecule has 0 bridgehead atoms. The molecule has 0 saturated carbocycles. The lowest BCUT2D eigenvalue weighted by Gasteiger charge is -2.16. The van der Waals surface area contributed by atoms with Crippen LogP contribution in [0.25, 0.3) is 0 Å². The Morgan fingerprint density at radius 1 is 1.17 bits per heavy atom. The highest BCUT2D eigenvalue weighted by Crippen LogP contribution is 2.21. The van der Waals surface area contributed by atoms with Gasteiger partial charge in [0.2, 0.25) is 0 Å². The van der Waals surface area contributed by atoms with E-state index in [0.717, 1.165) is 0 Å². The molecule has 0 aliphatic heterocycles. The summed E-state index contributed by atoms with van der Waals surface area (Å²) in [5.74, 6) is 0.180. The second-order valence-corrected chi connectivity index (χ2v) is 5.42. The molecule has 0 saturated heterocycles. The van der Waals surface area contributed by atoms with Crippen molar-refractivity contribution in [2.24, 2.45) is 0 Å². The van der Waals surface area contributed by atoms with Gasteiger partial charge in [-0.25, -0.2) is 0 Å². The summed E-state index contributed by atoms with van der Waals surface area (Å²) in [6, 6.07) is 12.5. The number of hydrogen-bond acceptors (Lipinski definition) is 3. The third kappa shape index (κ3) is 5.70. The van der Waals surface area contributed by atoms with Crippen molar-refractivity contribution in [2.75, 3.05) is 6.61 Å². The molecule has 1 atom stereocenters. The van der Waals surface area contributed by atoms with Gasteiger partial charge >= 0.3 is 6.61 Å². The summed E-state index contributed by atoms with van der Waals surface area (Å²) in [5, 5.41) is 3.23. The lowest BCUT2D eigenvalue weighted by Crippen LogP contribution is -2.31. The lowest BCUT2D eigenvalue weighted by molar-refractivity contribution is -0.123. The van der Waals surface area contributed by atoms with Crippen LogP contribution in [0.4, 0.5) is 8.78 Å². The first kappa shape index (κ1) is 18.0. The van der Waals surface area contributed by atoms with Gasteiger partial charge in [0.15, 0.2) is 6.61 Å². The maximum Gasteiger partial charge on any atom is 0.387 e. The Bertz CT molecular complexity index is 697. The molecule has 0 aliphatic carbocycles. The maximum absolute atomic E-state index is 12.2. The van der Waals surface area contributed by atoms with Crippen LogP contribution in [-0.4, -0.2) is 19.1 Å². The Balaban J connectivity index is 1.89. The summed E-state index contributed by atoms with van der Waals surface area (Å²) in [6.07, 6.45) is 0. The molecule has 1 amide bonds. The summed E-state index contributed by atoms with van der Waals surface area (Å²) in [7, 11) is 0. The SMILES string of the molecule is CC(NC(=O)COc1cccc(Cl)c1)c1cccc(OC(F)F)c1. The molecule has 0 aliphatic rings. The third-order valence-corrected chi connectivity index (χ3v) is 3.36. The molecule has 1 unspecified atom stereocenters. The zero-order valence-electron chi connectivity index (χ0n) is 12.8. The summed E-state index contributed by atoms with van der Waals surface area (Å²) in [4.78, 5) is 11.9. The summed E-state index contributed by atoms with van der Waals surface area (Å²) < 4.78 is 34.2. The highest BCUT2D eigenvalue weighted by atomic mass is 35.5. The van der Waals surface area contributed by atoms with Crippen molar-refractivity contribution in [2.45, 2.75) is 19.6 Å². The molecular formula is C17H16ClF2NO3. The number of benzene rings is 2. The van der Waals surface area contributed by atoms with Gasteiger partial charge in [-0.3, -0.25) is 4.79 Å². The summed E-state index contributed by atoms with van der Waals surface area (Å²) >= 11 is 5.83. The Hall–Kier alpha value is -2.34. The molecule has 2 rings (SSSR count). The van der Waals surface area contributed by atoms with Gasteiger partial charge in [0, 0.05) is 5.02 Å². The van der Waals surface area contributed by atoms with Crippen LogP contribution in [0.5, 0.6) is 11.5 Å². The standard InChI is InChI=1S/C17H16ClF2NO3/c1-11(12-4-2-7-15(8-12)24-17(19)20)21-16(22)10-23-14-6-3-5-13(18)9-14/h2-9,11,17H,10H2,1H3,(H,21,22). The Labute approximate surface area is 143 Å². The van der Waals surface area contributed by atoms with Crippen molar-refractivity contribution in [1.29, 1.82) is 0 Å². The van der Waals surface area contributed by atoms with Crippen LogP contribution in [0.1, 0.15) is 18.5 Å². The molecule has 0 fully saturated rings. The van der Waals surface area contributed by atoms with E-state index < -0.39 is 6.61 Å². The molecule has 128 valence electrons. The quantitative estimate of drug-likeness (QED) is 0.809. The van der Waals surface area contributed by atoms with E-state index in [4.69, 9.17) is 16.3 Å². The van der Waals surface area contributed by atoms with Gasteiger partial charge in [0.25, 0.3) is 5.91 Å². The van der Waals surface area contributed by atoms with Gasteiger partial charge in [-0.05, 0) is 42.8 Å². The van der Waals surface area contributed by atoms with Gasteiger partial charge < -0.3 is 14.8 Å². The van der Waals surface area contributed by atoms with E-state index in [0.29, 0.717) is 16.3 Å². The van der Waals surface area contributed by atoms with Crippen molar-refractivity contribution in [3.63, 3.8) is 0 Å². The van der Waals surface area contributed by atoms with Crippen molar-refractivity contribution < 1.29 is 23.0 Å². The van der Waals surface area contributed by atoms with E-state index in [1.165, 1.54) is 12.1 Å². The number of halogens is 3. The lowest BCUT2D eigenvalue weighted by atomic mass is 10.1. The minimum atomic E-state index is -2.89. The summed E-state index contributed by atoms with van der Waals surface area (Å²) in [5.41, 5.74) is 0.643. The number of amides is 1. The molecule has 7 heteroatoms. The van der Waals surface area contributed by atoms with E-state index in [1.807, 2.05) is 0 Å². The van der Waals surface area contributed by atoms with Crippen LogP contribution in [-0.2, 0) is 4.79 Å². The Kier molecular flexibility index (Phi) is 6.37. The number of carbonyl (C=O) groups is 1.